The zero-order chi connectivity index (χ0) is 25.2. The van der Waals surface area contributed by atoms with Crippen LogP contribution >= 0.6 is 0 Å². The predicted molar refractivity (Wildman–Crippen MR) is 144 cm³/mol. The van der Waals surface area contributed by atoms with Gasteiger partial charge in [0.25, 0.3) is 5.91 Å². The number of nitrogens with zero attached hydrogens (tertiary/aromatic N) is 2. The fourth-order valence-corrected chi connectivity index (χ4v) is 5.16. The molecule has 2 N–H and O–H groups in total. The van der Waals surface area contributed by atoms with Crippen LogP contribution in [0.5, 0.6) is 5.75 Å². The molecule has 4 rings (SSSR count). The highest BCUT2D eigenvalue weighted by Gasteiger charge is 2.25. The third kappa shape index (κ3) is 7.47. The summed E-state index contributed by atoms with van der Waals surface area (Å²) in [6.07, 6.45) is 7.09. The highest BCUT2D eigenvalue weighted by atomic mass is 16.5. The molecule has 2 saturated heterocycles. The van der Waals surface area contributed by atoms with Crippen molar-refractivity contribution in [1.29, 1.82) is 0 Å². The summed E-state index contributed by atoms with van der Waals surface area (Å²) >= 11 is 0. The molecule has 0 saturated carbocycles. The Kier molecular flexibility index (Phi) is 9.61. The van der Waals surface area contributed by atoms with Crippen molar-refractivity contribution in [2.45, 2.75) is 51.4 Å². The first-order valence-electron chi connectivity index (χ1n) is 13.5. The summed E-state index contributed by atoms with van der Waals surface area (Å²) in [6, 6.07) is 15.3. The summed E-state index contributed by atoms with van der Waals surface area (Å²) in [5.41, 5.74) is 2.57. The van der Waals surface area contributed by atoms with Crippen molar-refractivity contribution in [3.63, 3.8) is 0 Å². The van der Waals surface area contributed by atoms with Crippen LogP contribution in [0, 0.1) is 0 Å². The fourth-order valence-electron chi connectivity index (χ4n) is 5.16. The minimum Gasteiger partial charge on any atom is -0.494 e. The molecule has 7 heteroatoms. The van der Waals surface area contributed by atoms with Gasteiger partial charge >= 0.3 is 6.03 Å². The van der Waals surface area contributed by atoms with Crippen LogP contribution in [0.3, 0.4) is 0 Å². The van der Waals surface area contributed by atoms with Crippen molar-refractivity contribution >= 4 is 17.6 Å². The van der Waals surface area contributed by atoms with E-state index in [0.29, 0.717) is 25.3 Å². The molecule has 0 unspecified atom stereocenters. The predicted octanol–water partition coefficient (Wildman–Crippen LogP) is 5.10. The average molecular weight is 493 g/mol. The molecule has 0 aromatic heterocycles. The van der Waals surface area contributed by atoms with E-state index in [1.54, 1.807) is 0 Å². The van der Waals surface area contributed by atoms with Crippen LogP contribution in [0.25, 0.3) is 0 Å². The van der Waals surface area contributed by atoms with E-state index >= 15 is 0 Å². The molecule has 2 aromatic carbocycles. The maximum absolute atomic E-state index is 12.9. The number of hydrogen-bond donors (Lipinski definition) is 2. The maximum Gasteiger partial charge on any atom is 0.321 e. The van der Waals surface area contributed by atoms with Gasteiger partial charge in [0.05, 0.1) is 6.61 Å². The Morgan fingerprint density at radius 1 is 0.972 bits per heavy atom. The molecule has 2 heterocycles. The number of benzene rings is 2. The minimum absolute atomic E-state index is 0.0208. The Bertz CT molecular complexity index is 986. The highest BCUT2D eigenvalue weighted by molar-refractivity contribution is 5.94. The number of anilines is 1. The van der Waals surface area contributed by atoms with Gasteiger partial charge in [-0.3, -0.25) is 4.79 Å². The molecule has 2 aromatic rings. The van der Waals surface area contributed by atoms with E-state index < -0.39 is 0 Å². The molecule has 2 aliphatic heterocycles. The number of likely N-dealkylation sites (tertiary alicyclic amines) is 2. The SMILES string of the molecule is CCOc1ccc(NC(=O)N2CCC[C@H](c3cccc(C(=O)NCCN4CCCCCC4)c3)C2)cc1. The first-order valence-corrected chi connectivity index (χ1v) is 13.5. The van der Waals surface area contributed by atoms with Gasteiger partial charge < -0.3 is 25.2 Å². The fraction of sp³-hybridized carbons (Fsp3) is 0.517. The molecule has 0 spiro atoms. The van der Waals surface area contributed by atoms with E-state index in [9.17, 15) is 9.59 Å². The first-order chi connectivity index (χ1) is 17.6. The number of carbonyl (C=O) groups excluding carboxylic acids is 2. The van der Waals surface area contributed by atoms with Gasteiger partial charge in [0.1, 0.15) is 5.75 Å². The summed E-state index contributed by atoms with van der Waals surface area (Å²) in [6.45, 7) is 7.78. The molecular formula is C29H40N4O3. The number of nitrogens with one attached hydrogen (secondary N) is 2. The molecule has 36 heavy (non-hydrogen) atoms. The lowest BCUT2D eigenvalue weighted by Crippen LogP contribution is -2.41. The number of hydrogen-bond acceptors (Lipinski definition) is 4. The van der Waals surface area contributed by atoms with Gasteiger partial charge in [0, 0.05) is 43.3 Å². The van der Waals surface area contributed by atoms with E-state index in [1.807, 2.05) is 54.3 Å². The van der Waals surface area contributed by atoms with Gasteiger partial charge in [-0.25, -0.2) is 4.79 Å². The third-order valence-corrected chi connectivity index (χ3v) is 7.16. The summed E-state index contributed by atoms with van der Waals surface area (Å²) in [4.78, 5) is 30.1. The Morgan fingerprint density at radius 2 is 1.75 bits per heavy atom. The molecule has 1 atom stereocenters. The Labute approximate surface area is 215 Å². The van der Waals surface area contributed by atoms with Gasteiger partial charge in [-0.1, -0.05) is 25.0 Å². The zero-order valence-corrected chi connectivity index (χ0v) is 21.5. The summed E-state index contributed by atoms with van der Waals surface area (Å²) in [5.74, 6) is 0.988. The van der Waals surface area contributed by atoms with Crippen LogP contribution in [-0.4, -0.2) is 67.6 Å². The lowest BCUT2D eigenvalue weighted by Gasteiger charge is -2.33. The van der Waals surface area contributed by atoms with Crippen LogP contribution in [-0.2, 0) is 0 Å². The van der Waals surface area contributed by atoms with Crippen molar-refractivity contribution in [3.05, 3.63) is 59.7 Å². The van der Waals surface area contributed by atoms with E-state index in [-0.39, 0.29) is 17.9 Å². The van der Waals surface area contributed by atoms with Crippen LogP contribution < -0.4 is 15.4 Å². The van der Waals surface area contributed by atoms with E-state index in [1.165, 1.54) is 25.7 Å². The van der Waals surface area contributed by atoms with E-state index in [0.717, 1.165) is 56.0 Å². The van der Waals surface area contributed by atoms with Crippen molar-refractivity contribution < 1.29 is 14.3 Å². The topological polar surface area (TPSA) is 73.9 Å². The van der Waals surface area contributed by atoms with Crippen molar-refractivity contribution in [1.82, 2.24) is 15.1 Å². The van der Waals surface area contributed by atoms with Gasteiger partial charge in [0.2, 0.25) is 0 Å². The summed E-state index contributed by atoms with van der Waals surface area (Å²) in [7, 11) is 0. The number of carbonyl (C=O) groups is 2. The molecule has 0 aliphatic carbocycles. The van der Waals surface area contributed by atoms with Crippen molar-refractivity contribution in [2.24, 2.45) is 0 Å². The maximum atomic E-state index is 12.9. The summed E-state index contributed by atoms with van der Waals surface area (Å²) < 4.78 is 5.47. The van der Waals surface area contributed by atoms with Crippen LogP contribution in [0.2, 0.25) is 0 Å². The van der Waals surface area contributed by atoms with Crippen molar-refractivity contribution in [2.75, 3.05) is 51.2 Å². The number of piperidine rings is 1. The standard InChI is InChI=1S/C29H40N4O3/c1-2-36-27-14-12-26(13-15-27)31-29(35)33-19-8-11-25(22-33)23-9-7-10-24(21-23)28(34)30-16-20-32-17-5-3-4-6-18-32/h7,9-10,12-15,21,25H,2-6,8,11,16-20,22H2,1H3,(H,30,34)(H,31,35)/t25-/m0/s1. The largest absolute Gasteiger partial charge is 0.494 e. The Balaban J connectivity index is 1.29. The van der Waals surface area contributed by atoms with Gasteiger partial charge in [-0.15, -0.1) is 0 Å². The zero-order valence-electron chi connectivity index (χ0n) is 21.5. The molecule has 0 radical (unpaired) electrons. The monoisotopic (exact) mass is 492 g/mol. The normalized spacial score (nSPS) is 18.8. The number of ether oxygens (including phenoxy) is 1. The van der Waals surface area contributed by atoms with Crippen molar-refractivity contribution in [3.8, 4) is 5.75 Å². The summed E-state index contributed by atoms with van der Waals surface area (Å²) in [5, 5.41) is 6.10. The lowest BCUT2D eigenvalue weighted by atomic mass is 9.89. The van der Waals surface area contributed by atoms with Gasteiger partial charge in [-0.2, -0.15) is 0 Å². The average Bonchev–Trinajstić information content (AvgIpc) is 3.19. The number of rotatable bonds is 8. The van der Waals surface area contributed by atoms with Crippen LogP contribution in [0.4, 0.5) is 10.5 Å². The second-order valence-corrected chi connectivity index (χ2v) is 9.81. The first kappa shape index (κ1) is 26.0. The van der Waals surface area contributed by atoms with E-state index in [4.69, 9.17) is 4.74 Å². The van der Waals surface area contributed by atoms with Gasteiger partial charge in [-0.05, 0) is 87.7 Å². The minimum atomic E-state index is -0.0914. The second-order valence-electron chi connectivity index (χ2n) is 9.81. The molecule has 2 aliphatic rings. The number of amides is 3. The van der Waals surface area contributed by atoms with E-state index in [2.05, 4.69) is 21.6 Å². The highest BCUT2D eigenvalue weighted by Crippen LogP contribution is 2.28. The smallest absolute Gasteiger partial charge is 0.321 e. The van der Waals surface area contributed by atoms with Gasteiger partial charge in [0.15, 0.2) is 0 Å². The Morgan fingerprint density at radius 3 is 2.50 bits per heavy atom. The quantitative estimate of drug-likeness (QED) is 0.538. The molecule has 2 fully saturated rings. The van der Waals surface area contributed by atoms with Crippen LogP contribution in [0.15, 0.2) is 48.5 Å². The molecular weight excluding hydrogens is 452 g/mol. The Hall–Kier alpha value is -3.06. The molecule has 0 bridgehead atoms. The molecule has 7 nitrogen and oxygen atoms in total. The second kappa shape index (κ2) is 13.3. The lowest BCUT2D eigenvalue weighted by molar-refractivity contribution is 0.0948. The molecule has 3 amide bonds. The molecule has 194 valence electrons. The number of urea groups is 1. The third-order valence-electron chi connectivity index (χ3n) is 7.16. The van der Waals surface area contributed by atoms with Crippen LogP contribution in [0.1, 0.15) is 67.3 Å².